The van der Waals surface area contributed by atoms with Gasteiger partial charge in [-0.15, -0.1) is 0 Å². The second-order valence-corrected chi connectivity index (χ2v) is 5.79. The molecule has 1 saturated heterocycles. The van der Waals surface area contributed by atoms with Crippen molar-refractivity contribution in [1.29, 1.82) is 0 Å². The van der Waals surface area contributed by atoms with E-state index in [4.69, 9.17) is 0 Å². The lowest BCUT2D eigenvalue weighted by molar-refractivity contribution is -0.121. The van der Waals surface area contributed by atoms with E-state index in [9.17, 15) is 9.59 Å². The van der Waals surface area contributed by atoms with E-state index in [1.54, 1.807) is 23.9 Å². The van der Waals surface area contributed by atoms with Crippen LogP contribution in [0.25, 0.3) is 0 Å². The summed E-state index contributed by atoms with van der Waals surface area (Å²) in [5.41, 5.74) is 2.00. The Labute approximate surface area is 125 Å². The summed E-state index contributed by atoms with van der Waals surface area (Å²) in [5, 5.41) is 2.95. The van der Waals surface area contributed by atoms with Crippen LogP contribution in [0.2, 0.25) is 0 Å². The summed E-state index contributed by atoms with van der Waals surface area (Å²) in [6.07, 6.45) is 1.44. The number of urea groups is 1. The molecule has 0 bridgehead atoms. The zero-order valence-electron chi connectivity index (χ0n) is 12.9. The van der Waals surface area contributed by atoms with Crippen LogP contribution in [0, 0.1) is 12.8 Å². The van der Waals surface area contributed by atoms with Crippen LogP contribution in [0.15, 0.2) is 24.3 Å². The molecule has 3 amide bonds. The molecule has 1 aromatic rings. The van der Waals surface area contributed by atoms with Crippen molar-refractivity contribution in [2.24, 2.45) is 5.92 Å². The van der Waals surface area contributed by atoms with Crippen molar-refractivity contribution in [2.45, 2.75) is 19.8 Å². The minimum Gasteiger partial charge on any atom is -0.331 e. The van der Waals surface area contributed by atoms with E-state index >= 15 is 0 Å². The highest BCUT2D eigenvalue weighted by atomic mass is 16.2. The number of nitrogens with one attached hydrogen (secondary N) is 1. The van der Waals surface area contributed by atoms with Crippen molar-refractivity contribution < 1.29 is 9.59 Å². The fraction of sp³-hybridized carbons (Fsp3) is 0.500. The fourth-order valence-electron chi connectivity index (χ4n) is 2.50. The summed E-state index contributed by atoms with van der Waals surface area (Å²) in [5.74, 6) is 0.0355. The van der Waals surface area contributed by atoms with Gasteiger partial charge in [0.25, 0.3) is 0 Å². The topological polar surface area (TPSA) is 52.7 Å². The average Bonchev–Trinajstić information content (AvgIpc) is 2.49. The van der Waals surface area contributed by atoms with E-state index in [2.05, 4.69) is 5.32 Å². The van der Waals surface area contributed by atoms with Gasteiger partial charge in [0.15, 0.2) is 0 Å². The van der Waals surface area contributed by atoms with Gasteiger partial charge in [0.2, 0.25) is 5.91 Å². The smallest absolute Gasteiger partial charge is 0.319 e. The van der Waals surface area contributed by atoms with Gasteiger partial charge in [-0.3, -0.25) is 4.79 Å². The van der Waals surface area contributed by atoms with Gasteiger partial charge < -0.3 is 15.1 Å². The molecule has 2 rings (SSSR count). The molecule has 1 aliphatic rings. The third-order valence-corrected chi connectivity index (χ3v) is 3.84. The molecule has 1 fully saturated rings. The van der Waals surface area contributed by atoms with Gasteiger partial charge in [-0.25, -0.2) is 4.79 Å². The van der Waals surface area contributed by atoms with Crippen LogP contribution in [0.5, 0.6) is 0 Å². The Morgan fingerprint density at radius 3 is 2.24 bits per heavy atom. The van der Waals surface area contributed by atoms with Gasteiger partial charge >= 0.3 is 6.03 Å². The minimum absolute atomic E-state index is 0.0162. The van der Waals surface area contributed by atoms with Crippen LogP contribution in [-0.4, -0.2) is 48.9 Å². The molecule has 0 aliphatic carbocycles. The monoisotopic (exact) mass is 289 g/mol. The summed E-state index contributed by atoms with van der Waals surface area (Å²) < 4.78 is 0. The lowest BCUT2D eigenvalue weighted by atomic mass is 9.96. The highest BCUT2D eigenvalue weighted by molar-refractivity contribution is 5.92. The molecule has 0 spiro atoms. The molecule has 5 nitrogen and oxygen atoms in total. The number of hydrogen-bond donors (Lipinski definition) is 1. The van der Waals surface area contributed by atoms with Crippen molar-refractivity contribution >= 4 is 17.6 Å². The second kappa shape index (κ2) is 6.61. The molecule has 0 unspecified atom stereocenters. The first-order chi connectivity index (χ1) is 9.97. The number of nitrogens with zero attached hydrogens (tertiary/aromatic N) is 2. The molecular formula is C16H23N3O2. The van der Waals surface area contributed by atoms with Crippen LogP contribution in [0.4, 0.5) is 10.5 Å². The maximum atomic E-state index is 12.2. The van der Waals surface area contributed by atoms with Gasteiger partial charge in [-0.1, -0.05) is 17.7 Å². The molecule has 5 heteroatoms. The predicted molar refractivity (Wildman–Crippen MR) is 83.2 cm³/mol. The fourth-order valence-corrected chi connectivity index (χ4v) is 2.50. The molecule has 1 aromatic carbocycles. The van der Waals surface area contributed by atoms with E-state index in [1.807, 2.05) is 31.2 Å². The number of rotatable bonds is 2. The molecule has 0 aromatic heterocycles. The Balaban J connectivity index is 1.86. The molecular weight excluding hydrogens is 266 g/mol. The maximum absolute atomic E-state index is 12.2. The lowest BCUT2D eigenvalue weighted by Gasteiger charge is -2.33. The Bertz CT molecular complexity index is 503. The number of benzene rings is 1. The maximum Gasteiger partial charge on any atom is 0.319 e. The van der Waals surface area contributed by atoms with E-state index in [0.717, 1.165) is 18.5 Å². The summed E-state index contributed by atoms with van der Waals surface area (Å²) in [6, 6.07) is 7.81. The minimum atomic E-state index is -0.0162. The number of anilines is 1. The molecule has 114 valence electrons. The van der Waals surface area contributed by atoms with E-state index < -0.39 is 0 Å². The first kappa shape index (κ1) is 15.4. The molecule has 0 atom stereocenters. The van der Waals surface area contributed by atoms with Crippen molar-refractivity contribution in [3.8, 4) is 0 Å². The quantitative estimate of drug-likeness (QED) is 0.908. The summed E-state index contributed by atoms with van der Waals surface area (Å²) in [6.45, 7) is 3.30. The zero-order valence-corrected chi connectivity index (χ0v) is 12.9. The molecule has 0 saturated carbocycles. The molecule has 1 heterocycles. The number of hydrogen-bond acceptors (Lipinski definition) is 2. The van der Waals surface area contributed by atoms with E-state index in [0.29, 0.717) is 13.1 Å². The molecule has 0 radical (unpaired) electrons. The zero-order chi connectivity index (χ0) is 15.4. The number of aryl methyl sites for hydroxylation is 1. The molecule has 21 heavy (non-hydrogen) atoms. The Morgan fingerprint density at radius 2 is 1.71 bits per heavy atom. The van der Waals surface area contributed by atoms with Gasteiger partial charge in [0.1, 0.15) is 0 Å². The third kappa shape index (κ3) is 3.97. The van der Waals surface area contributed by atoms with Crippen LogP contribution in [0.1, 0.15) is 18.4 Å². The largest absolute Gasteiger partial charge is 0.331 e. The highest BCUT2D eigenvalue weighted by Crippen LogP contribution is 2.20. The van der Waals surface area contributed by atoms with Gasteiger partial charge in [-0.2, -0.15) is 0 Å². The number of amides is 3. The number of likely N-dealkylation sites (tertiary alicyclic amines) is 1. The van der Waals surface area contributed by atoms with Crippen LogP contribution in [-0.2, 0) is 4.79 Å². The first-order valence-corrected chi connectivity index (χ1v) is 7.31. The van der Waals surface area contributed by atoms with Crippen LogP contribution >= 0.6 is 0 Å². The van der Waals surface area contributed by atoms with Gasteiger partial charge in [-0.05, 0) is 31.9 Å². The molecule has 1 aliphatic heterocycles. The number of piperidine rings is 1. The highest BCUT2D eigenvalue weighted by Gasteiger charge is 2.27. The Hall–Kier alpha value is -2.04. The Kier molecular flexibility index (Phi) is 4.83. The Morgan fingerprint density at radius 1 is 1.14 bits per heavy atom. The van der Waals surface area contributed by atoms with Crippen LogP contribution < -0.4 is 5.32 Å². The van der Waals surface area contributed by atoms with Crippen molar-refractivity contribution in [3.63, 3.8) is 0 Å². The van der Waals surface area contributed by atoms with Gasteiger partial charge in [0.05, 0.1) is 0 Å². The third-order valence-electron chi connectivity index (χ3n) is 3.84. The number of carbonyl (C=O) groups is 2. The molecule has 1 N–H and O–H groups in total. The van der Waals surface area contributed by atoms with Crippen LogP contribution in [0.3, 0.4) is 0 Å². The first-order valence-electron chi connectivity index (χ1n) is 7.31. The lowest BCUT2D eigenvalue weighted by Crippen LogP contribution is -2.45. The normalized spacial score (nSPS) is 15.7. The van der Waals surface area contributed by atoms with Crippen molar-refractivity contribution in [1.82, 2.24) is 9.80 Å². The summed E-state index contributed by atoms with van der Waals surface area (Å²) >= 11 is 0. The predicted octanol–water partition coefficient (Wildman–Crippen LogP) is 2.33. The SMILES string of the molecule is Cc1ccc(NC(=O)C2CCN(C(=O)N(C)C)CC2)cc1. The van der Waals surface area contributed by atoms with E-state index in [1.165, 1.54) is 5.56 Å². The van der Waals surface area contributed by atoms with Crippen molar-refractivity contribution in [3.05, 3.63) is 29.8 Å². The second-order valence-electron chi connectivity index (χ2n) is 5.79. The number of carbonyl (C=O) groups excluding carboxylic acids is 2. The van der Waals surface area contributed by atoms with Gasteiger partial charge in [0, 0.05) is 38.8 Å². The summed E-state index contributed by atoms with van der Waals surface area (Å²) in [7, 11) is 3.50. The average molecular weight is 289 g/mol. The van der Waals surface area contributed by atoms with Crippen molar-refractivity contribution in [2.75, 3.05) is 32.5 Å². The summed E-state index contributed by atoms with van der Waals surface area (Å²) in [4.78, 5) is 27.5. The standard InChI is InChI=1S/C16H23N3O2/c1-12-4-6-14(7-5-12)17-15(20)13-8-10-19(11-9-13)16(21)18(2)3/h4-7,13H,8-11H2,1-3H3,(H,17,20). The van der Waals surface area contributed by atoms with E-state index in [-0.39, 0.29) is 17.9 Å².